The van der Waals surface area contributed by atoms with Crippen LogP contribution in [0.15, 0.2) is 59.5 Å². The second-order valence-electron chi connectivity index (χ2n) is 10.6. The Balaban J connectivity index is 1.40. The molecule has 1 aliphatic rings. The van der Waals surface area contributed by atoms with E-state index in [-0.39, 0.29) is 0 Å². The second-order valence-corrected chi connectivity index (χ2v) is 12.3. The van der Waals surface area contributed by atoms with Crippen LogP contribution in [-0.4, -0.2) is 51.8 Å². The summed E-state index contributed by atoms with van der Waals surface area (Å²) in [7, 11) is 4.93. The van der Waals surface area contributed by atoms with Gasteiger partial charge in [0, 0.05) is 18.0 Å². The Bertz CT molecular complexity index is 1360. The molecule has 0 radical (unpaired) electrons. The molecule has 0 spiro atoms. The maximum absolute atomic E-state index is 10.6. The van der Waals surface area contributed by atoms with Crippen LogP contribution in [-0.2, 0) is 17.7 Å². The molecule has 3 aromatic rings. The highest BCUT2D eigenvalue weighted by atomic mass is 35.5. The van der Waals surface area contributed by atoms with Gasteiger partial charge in [-0.05, 0) is 85.8 Å². The smallest absolute Gasteiger partial charge is 0.161 e. The van der Waals surface area contributed by atoms with E-state index in [0.717, 1.165) is 73.7 Å². The molecule has 6 nitrogen and oxygen atoms in total. The van der Waals surface area contributed by atoms with Crippen molar-refractivity contribution in [2.75, 3.05) is 46.9 Å². The highest BCUT2D eigenvalue weighted by molar-refractivity contribution is 8.00. The molecule has 0 amide bonds. The van der Waals surface area contributed by atoms with Gasteiger partial charge in [-0.25, -0.2) is 0 Å². The first-order chi connectivity index (χ1) is 20.4. The van der Waals surface area contributed by atoms with Crippen LogP contribution in [0.25, 0.3) is 0 Å². The monoisotopic (exact) mass is 608 g/mol. The Labute approximate surface area is 259 Å². The van der Waals surface area contributed by atoms with E-state index in [9.17, 15) is 5.26 Å². The molecule has 4 rings (SSSR count). The number of alkyl halides is 1. The third-order valence-electron chi connectivity index (χ3n) is 7.76. The average Bonchev–Trinajstić information content (AvgIpc) is 3.03. The van der Waals surface area contributed by atoms with Gasteiger partial charge in [-0.1, -0.05) is 48.4 Å². The molecule has 0 aromatic heterocycles. The van der Waals surface area contributed by atoms with Crippen molar-refractivity contribution in [1.82, 2.24) is 4.90 Å². The van der Waals surface area contributed by atoms with Crippen molar-refractivity contribution in [2.24, 2.45) is 0 Å². The van der Waals surface area contributed by atoms with Gasteiger partial charge in [-0.2, -0.15) is 5.26 Å². The van der Waals surface area contributed by atoms with Gasteiger partial charge >= 0.3 is 0 Å². The van der Waals surface area contributed by atoms with Gasteiger partial charge in [-0.3, -0.25) is 4.90 Å². The summed E-state index contributed by atoms with van der Waals surface area (Å²) in [5, 5.41) is 10.6. The van der Waals surface area contributed by atoms with Crippen LogP contribution >= 0.6 is 23.4 Å². The van der Waals surface area contributed by atoms with Gasteiger partial charge in [0.1, 0.15) is 11.4 Å². The summed E-state index contributed by atoms with van der Waals surface area (Å²) < 4.78 is 21.7. The number of nitriles is 1. The Morgan fingerprint density at radius 1 is 0.881 bits per heavy atom. The zero-order valence-electron chi connectivity index (χ0n) is 25.1. The van der Waals surface area contributed by atoms with Gasteiger partial charge < -0.3 is 18.9 Å². The fourth-order valence-corrected chi connectivity index (χ4v) is 6.70. The molecular weight excluding hydrogens is 568 g/mol. The van der Waals surface area contributed by atoms with Crippen molar-refractivity contribution in [1.29, 1.82) is 5.26 Å². The third kappa shape index (κ3) is 7.86. The van der Waals surface area contributed by atoms with E-state index in [2.05, 4.69) is 54.3 Å². The number of rotatable bonds is 15. The van der Waals surface area contributed by atoms with E-state index in [1.807, 2.05) is 18.2 Å². The molecule has 0 bridgehead atoms. The molecular formula is C34H41ClN2O4S. The quantitative estimate of drug-likeness (QED) is 0.0992. The summed E-state index contributed by atoms with van der Waals surface area (Å²) in [6.45, 7) is 5.47. The normalized spacial score (nSPS) is 14.4. The first kappa shape index (κ1) is 31.9. The summed E-state index contributed by atoms with van der Waals surface area (Å²) in [5.74, 6) is 3.26. The van der Waals surface area contributed by atoms with Gasteiger partial charge in [0.15, 0.2) is 23.0 Å². The number of hydrogen-bond donors (Lipinski definition) is 0. The van der Waals surface area contributed by atoms with Crippen LogP contribution in [0, 0.1) is 18.3 Å². The summed E-state index contributed by atoms with van der Waals surface area (Å²) in [6, 6.07) is 21.1. The molecule has 42 heavy (non-hydrogen) atoms. The second kappa shape index (κ2) is 15.4. The standard InChI is InChI=1S/C34H41ClN2O4S/c1-25-8-11-29(12-9-25)42-34(24-36,28-10-13-30(38-2)32(22-28)40-4)15-6-5-7-17-37-18-14-26-20-31(39-3)33(41-19-16-35)21-27(26)23-37/h8-13,20-22H,5-7,14-19,23H2,1-4H3. The zero-order valence-corrected chi connectivity index (χ0v) is 26.7. The number of fused-ring (bicyclic) bond motifs is 1. The fourth-order valence-electron chi connectivity index (χ4n) is 5.41. The highest BCUT2D eigenvalue weighted by Crippen LogP contribution is 2.47. The number of nitrogens with zero attached hydrogens (tertiary/aromatic N) is 2. The number of aryl methyl sites for hydroxylation is 1. The van der Waals surface area contributed by atoms with Gasteiger partial charge in [0.05, 0.1) is 33.3 Å². The summed E-state index contributed by atoms with van der Waals surface area (Å²) >= 11 is 7.46. The predicted octanol–water partition coefficient (Wildman–Crippen LogP) is 7.77. The van der Waals surface area contributed by atoms with Crippen molar-refractivity contribution < 1.29 is 18.9 Å². The van der Waals surface area contributed by atoms with E-state index in [1.54, 1.807) is 33.1 Å². The van der Waals surface area contributed by atoms with Crippen molar-refractivity contribution >= 4 is 23.4 Å². The highest BCUT2D eigenvalue weighted by Gasteiger charge is 2.34. The summed E-state index contributed by atoms with van der Waals surface area (Å²) in [6.07, 6.45) is 4.79. The number of hydrogen-bond acceptors (Lipinski definition) is 7. The first-order valence-corrected chi connectivity index (χ1v) is 15.8. The van der Waals surface area contributed by atoms with Gasteiger partial charge in [0.25, 0.3) is 0 Å². The van der Waals surface area contributed by atoms with Crippen LogP contribution in [0.5, 0.6) is 23.0 Å². The van der Waals surface area contributed by atoms with E-state index >= 15 is 0 Å². The van der Waals surface area contributed by atoms with Crippen LogP contribution < -0.4 is 18.9 Å². The Hall–Kier alpha value is -3.05. The van der Waals surface area contributed by atoms with E-state index in [1.165, 1.54) is 16.7 Å². The van der Waals surface area contributed by atoms with Crippen LogP contribution in [0.1, 0.15) is 47.9 Å². The minimum absolute atomic E-state index is 0.439. The van der Waals surface area contributed by atoms with E-state index in [0.29, 0.717) is 24.0 Å². The number of benzene rings is 3. The molecule has 8 heteroatoms. The molecule has 224 valence electrons. The average molecular weight is 609 g/mol. The van der Waals surface area contributed by atoms with Crippen LogP contribution in [0.3, 0.4) is 0 Å². The van der Waals surface area contributed by atoms with Crippen molar-refractivity contribution in [2.45, 2.75) is 55.2 Å². The van der Waals surface area contributed by atoms with Crippen LogP contribution in [0.4, 0.5) is 0 Å². The lowest BCUT2D eigenvalue weighted by Gasteiger charge is -2.30. The SMILES string of the molecule is COc1ccc(C(C#N)(CCCCCN2CCc3cc(OC)c(OCCCl)cc3C2)Sc2ccc(C)cc2)cc1OC. The van der Waals surface area contributed by atoms with Gasteiger partial charge in [0.2, 0.25) is 0 Å². The molecule has 0 fully saturated rings. The maximum atomic E-state index is 10.6. The van der Waals surface area contributed by atoms with Crippen molar-refractivity contribution in [3.8, 4) is 29.1 Å². The zero-order chi connectivity index (χ0) is 30.0. The van der Waals surface area contributed by atoms with Crippen molar-refractivity contribution in [3.05, 3.63) is 76.9 Å². The summed E-state index contributed by atoms with van der Waals surface area (Å²) in [4.78, 5) is 3.59. The molecule has 1 unspecified atom stereocenters. The largest absolute Gasteiger partial charge is 0.493 e. The molecule has 0 saturated heterocycles. The first-order valence-electron chi connectivity index (χ1n) is 14.5. The Morgan fingerprint density at radius 2 is 1.60 bits per heavy atom. The Kier molecular flexibility index (Phi) is 11.7. The molecule has 1 heterocycles. The lowest BCUT2D eigenvalue weighted by atomic mass is 9.92. The maximum Gasteiger partial charge on any atom is 0.161 e. The molecule has 0 N–H and O–H groups in total. The topological polar surface area (TPSA) is 64.0 Å². The van der Waals surface area contributed by atoms with Crippen LogP contribution in [0.2, 0.25) is 0 Å². The summed E-state index contributed by atoms with van der Waals surface area (Å²) in [5.41, 5.74) is 4.75. The molecule has 1 atom stereocenters. The molecule has 0 saturated carbocycles. The molecule has 3 aromatic carbocycles. The van der Waals surface area contributed by atoms with E-state index < -0.39 is 4.75 Å². The number of halogens is 1. The third-order valence-corrected chi connectivity index (χ3v) is 9.30. The van der Waals surface area contributed by atoms with E-state index in [4.69, 9.17) is 30.5 Å². The fraction of sp³-hybridized carbons (Fsp3) is 0.441. The van der Waals surface area contributed by atoms with Crippen molar-refractivity contribution in [3.63, 3.8) is 0 Å². The minimum Gasteiger partial charge on any atom is -0.493 e. The predicted molar refractivity (Wildman–Crippen MR) is 171 cm³/mol. The van der Waals surface area contributed by atoms with Gasteiger partial charge in [-0.15, -0.1) is 11.6 Å². The number of thioether (sulfide) groups is 1. The lowest BCUT2D eigenvalue weighted by molar-refractivity contribution is 0.245. The minimum atomic E-state index is -0.739. The molecule has 1 aliphatic heterocycles. The number of methoxy groups -OCH3 is 3. The number of unbranched alkanes of at least 4 members (excludes halogenated alkanes) is 2. The lowest BCUT2D eigenvalue weighted by Crippen LogP contribution is -2.31. The molecule has 0 aliphatic carbocycles. The Morgan fingerprint density at radius 3 is 2.29 bits per heavy atom. The number of ether oxygens (including phenoxy) is 4.